The first-order chi connectivity index (χ1) is 34.6. The summed E-state index contributed by atoms with van der Waals surface area (Å²) >= 11 is 0. The number of nitrogens with one attached hydrogen (secondary N) is 1. The summed E-state index contributed by atoms with van der Waals surface area (Å²) in [5, 5.41) is 23.8. The Morgan fingerprint density at radius 3 is 1.49 bits per heavy atom. The average Bonchev–Trinajstić information content (AvgIpc) is 3.94. The number of nitrogens with zero attached hydrogens (tertiary/aromatic N) is 10. The summed E-state index contributed by atoms with van der Waals surface area (Å²) < 4.78 is 29.8. The number of tetrazole rings is 1. The number of rotatable bonds is 15. The largest absolute Gasteiger partial charge is 0.268 e. The topological polar surface area (TPSA) is 174 Å². The molecule has 15 heteroatoms. The van der Waals surface area contributed by atoms with Gasteiger partial charge in [0.2, 0.25) is 5.82 Å². The quantitative estimate of drug-likeness (QED) is 0.104. The maximum atomic E-state index is 13.7. The molecule has 0 unspecified atom stereocenters. The van der Waals surface area contributed by atoms with Crippen LogP contribution in [-0.4, -0.2) is 49.7 Å². The number of benzene rings is 4. The van der Waals surface area contributed by atoms with E-state index in [1.807, 2.05) is 91.0 Å². The highest BCUT2D eigenvalue weighted by atomic mass is 19.1. The fourth-order valence-corrected chi connectivity index (χ4v) is 8.48. The second-order valence-corrected chi connectivity index (χ2v) is 17.0. The molecule has 0 saturated carbocycles. The molecular weight excluding hydrogens is 897 g/mol. The van der Waals surface area contributed by atoms with Crippen LogP contribution in [0.25, 0.3) is 45.3 Å². The minimum atomic E-state index is -0.458. The number of nitriles is 1. The van der Waals surface area contributed by atoms with Gasteiger partial charge < -0.3 is 0 Å². The van der Waals surface area contributed by atoms with Gasteiger partial charge in [0, 0.05) is 29.5 Å². The Morgan fingerprint density at radius 1 is 0.592 bits per heavy atom. The van der Waals surface area contributed by atoms with Crippen molar-refractivity contribution in [1.29, 1.82) is 5.26 Å². The SMILES string of the molecule is CCCCc1nc(C)n(-c2ccc(F)cn2)c(=O)c1Cc1ccc(-c2ccccc2-c2nn[nH]n2)cc1.CCCCc1nc(C)n(-c2ccc(F)cn2)c(=O)c1Cc1ccc(-c2ccccc2C#N)cc1. The molecule has 1 N–H and O–H groups in total. The fourth-order valence-electron chi connectivity index (χ4n) is 8.48. The van der Waals surface area contributed by atoms with Crippen LogP contribution in [0.1, 0.15) is 90.4 Å². The van der Waals surface area contributed by atoms with E-state index in [1.165, 1.54) is 33.4 Å². The minimum Gasteiger partial charge on any atom is -0.268 e. The molecule has 0 amide bonds. The van der Waals surface area contributed by atoms with Crippen LogP contribution < -0.4 is 11.1 Å². The molecule has 0 bridgehead atoms. The Hall–Kier alpha value is -8.64. The van der Waals surface area contributed by atoms with Crippen molar-refractivity contribution in [3.63, 3.8) is 0 Å². The molecule has 0 radical (unpaired) electrons. The van der Waals surface area contributed by atoms with E-state index in [4.69, 9.17) is 9.97 Å². The number of H-pyrrole nitrogens is 1. The van der Waals surface area contributed by atoms with E-state index in [9.17, 15) is 23.6 Å². The molecule has 0 atom stereocenters. The lowest BCUT2D eigenvalue weighted by Crippen LogP contribution is -2.29. The molecule has 9 rings (SSSR count). The van der Waals surface area contributed by atoms with Crippen LogP contribution in [0.15, 0.2) is 143 Å². The first-order valence-electron chi connectivity index (χ1n) is 23.5. The third-order valence-electron chi connectivity index (χ3n) is 12.1. The van der Waals surface area contributed by atoms with Crippen LogP contribution in [0.4, 0.5) is 8.78 Å². The summed E-state index contributed by atoms with van der Waals surface area (Å²) in [5.41, 5.74) is 9.75. The zero-order chi connectivity index (χ0) is 49.9. The highest BCUT2D eigenvalue weighted by molar-refractivity contribution is 5.80. The van der Waals surface area contributed by atoms with Gasteiger partial charge in [-0.3, -0.25) is 9.59 Å². The number of aromatic amines is 1. The summed E-state index contributed by atoms with van der Waals surface area (Å²) in [6, 6.07) is 39.2. The van der Waals surface area contributed by atoms with Crippen molar-refractivity contribution in [2.45, 2.75) is 79.1 Å². The Balaban J connectivity index is 0.000000191. The van der Waals surface area contributed by atoms with E-state index in [0.29, 0.717) is 65.1 Å². The molecule has 13 nitrogen and oxygen atoms in total. The van der Waals surface area contributed by atoms with Crippen LogP contribution in [0.5, 0.6) is 0 Å². The Morgan fingerprint density at radius 2 is 1.06 bits per heavy atom. The van der Waals surface area contributed by atoms with E-state index >= 15 is 0 Å². The number of unbranched alkanes of at least 4 members (excludes halogenated alkanes) is 2. The van der Waals surface area contributed by atoms with E-state index in [0.717, 1.165) is 94.8 Å². The van der Waals surface area contributed by atoms with Crippen molar-refractivity contribution in [3.05, 3.63) is 217 Å². The van der Waals surface area contributed by atoms with E-state index in [2.05, 4.69) is 50.5 Å². The predicted octanol–water partition coefficient (Wildman–Crippen LogP) is 10.4. The second kappa shape index (κ2) is 22.6. The summed E-state index contributed by atoms with van der Waals surface area (Å²) in [5.74, 6) is 1.38. The van der Waals surface area contributed by atoms with Gasteiger partial charge in [-0.1, -0.05) is 118 Å². The maximum absolute atomic E-state index is 13.7. The first kappa shape index (κ1) is 48.8. The van der Waals surface area contributed by atoms with E-state index in [1.54, 1.807) is 19.9 Å². The van der Waals surface area contributed by atoms with Crippen molar-refractivity contribution in [3.8, 4) is 51.3 Å². The standard InChI is InChI=1S/C28H26FN7O.C28H25FN4O/c1-3-4-9-25-24(28(37)36(18(2)31-25)26-15-14-21(29)17-30-26)16-19-10-12-20(13-11-19)22-7-5-6-8-23(22)27-32-34-35-33-27;1-3-4-9-26-25(28(34)33(19(2)32-26)27-15-14-23(29)18-31-27)16-20-10-12-21(13-11-20)24-8-6-5-7-22(24)17-30/h5-8,10-15,17H,3-4,9,16H2,1-2H3,(H,32,33,34,35);5-8,10-15,18H,3-4,9,16H2,1-2H3. The smallest absolute Gasteiger partial charge is 0.263 e. The molecule has 0 spiro atoms. The van der Waals surface area contributed by atoms with Crippen molar-refractivity contribution in [1.82, 2.24) is 49.7 Å². The normalized spacial score (nSPS) is 10.9. The van der Waals surface area contributed by atoms with Gasteiger partial charge in [-0.25, -0.2) is 37.9 Å². The van der Waals surface area contributed by atoms with Gasteiger partial charge in [-0.2, -0.15) is 10.5 Å². The van der Waals surface area contributed by atoms with Crippen LogP contribution in [0.3, 0.4) is 0 Å². The fraction of sp³-hybridized carbons (Fsp3) is 0.214. The first-order valence-corrected chi connectivity index (χ1v) is 23.5. The van der Waals surface area contributed by atoms with Crippen molar-refractivity contribution in [2.24, 2.45) is 0 Å². The van der Waals surface area contributed by atoms with Crippen LogP contribution >= 0.6 is 0 Å². The van der Waals surface area contributed by atoms with Gasteiger partial charge in [0.1, 0.15) is 34.9 Å². The number of aryl methyl sites for hydroxylation is 4. The Labute approximate surface area is 409 Å². The molecule has 9 aromatic rings. The molecule has 0 aliphatic heterocycles. The van der Waals surface area contributed by atoms with Crippen molar-refractivity contribution < 1.29 is 8.78 Å². The van der Waals surface area contributed by atoms with Crippen molar-refractivity contribution >= 4 is 0 Å². The average molecular weight is 948 g/mol. The molecule has 0 fully saturated rings. The Bertz CT molecular complexity index is 3420. The number of hydrogen-bond acceptors (Lipinski definition) is 10. The zero-order valence-electron chi connectivity index (χ0n) is 39.9. The molecule has 0 aliphatic carbocycles. The van der Waals surface area contributed by atoms with Gasteiger partial charge in [-0.15, -0.1) is 10.2 Å². The summed E-state index contributed by atoms with van der Waals surface area (Å²) in [6.45, 7) is 7.77. The zero-order valence-corrected chi connectivity index (χ0v) is 39.9. The molecule has 5 heterocycles. The predicted molar refractivity (Wildman–Crippen MR) is 269 cm³/mol. The number of aromatic nitrogens is 10. The third-order valence-corrected chi connectivity index (χ3v) is 12.1. The minimum absolute atomic E-state index is 0.177. The van der Waals surface area contributed by atoms with Crippen LogP contribution in [-0.2, 0) is 25.7 Å². The van der Waals surface area contributed by atoms with Crippen LogP contribution in [0.2, 0.25) is 0 Å². The molecule has 71 heavy (non-hydrogen) atoms. The highest BCUT2D eigenvalue weighted by Gasteiger charge is 2.20. The lowest BCUT2D eigenvalue weighted by molar-refractivity contribution is 0.618. The van der Waals surface area contributed by atoms with E-state index in [-0.39, 0.29) is 11.1 Å². The molecule has 5 aromatic heterocycles. The number of pyridine rings is 2. The Kier molecular flexibility index (Phi) is 15.6. The highest BCUT2D eigenvalue weighted by Crippen LogP contribution is 2.30. The van der Waals surface area contributed by atoms with E-state index < -0.39 is 11.6 Å². The molecule has 0 saturated heterocycles. The number of halogens is 2. The molecule has 4 aromatic carbocycles. The summed E-state index contributed by atoms with van der Waals surface area (Å²) in [7, 11) is 0. The summed E-state index contributed by atoms with van der Waals surface area (Å²) in [4.78, 5) is 45.0. The third kappa shape index (κ3) is 11.3. The molecule has 0 aliphatic rings. The maximum Gasteiger partial charge on any atom is 0.263 e. The number of hydrogen-bond donors (Lipinski definition) is 1. The van der Waals surface area contributed by atoms with Crippen LogP contribution in [0, 0.1) is 36.8 Å². The van der Waals surface area contributed by atoms with Gasteiger partial charge in [0.05, 0.1) is 35.4 Å². The lowest BCUT2D eigenvalue weighted by Gasteiger charge is -2.15. The van der Waals surface area contributed by atoms with Gasteiger partial charge in [0.25, 0.3) is 11.1 Å². The molecule has 356 valence electrons. The second-order valence-electron chi connectivity index (χ2n) is 17.0. The monoisotopic (exact) mass is 947 g/mol. The van der Waals surface area contributed by atoms with Gasteiger partial charge >= 0.3 is 0 Å². The van der Waals surface area contributed by atoms with Crippen molar-refractivity contribution in [2.75, 3.05) is 0 Å². The molecular formula is C56H51F2N11O2. The summed E-state index contributed by atoms with van der Waals surface area (Å²) in [6.07, 6.45) is 8.35. The van der Waals surface area contributed by atoms with Gasteiger partial charge in [0.15, 0.2) is 0 Å². The lowest BCUT2D eigenvalue weighted by atomic mass is 9.96. The van der Waals surface area contributed by atoms with Gasteiger partial charge in [-0.05, 0) is 108 Å².